The largest absolute Gasteiger partial charge is 0.423 e. The highest BCUT2D eigenvalue weighted by Crippen LogP contribution is 2.43. The summed E-state index contributed by atoms with van der Waals surface area (Å²) in [6.07, 6.45) is 0.354. The van der Waals surface area contributed by atoms with Gasteiger partial charge in [-0.3, -0.25) is 14.6 Å². The molecule has 248 valence electrons. The first-order valence-corrected chi connectivity index (χ1v) is 16.5. The van der Waals surface area contributed by atoms with Gasteiger partial charge in [0.1, 0.15) is 11.6 Å². The number of hydrogen-bond acceptors (Lipinski definition) is 6. The van der Waals surface area contributed by atoms with Gasteiger partial charge >= 0.3 is 6.09 Å². The number of hydrogen-bond donors (Lipinski definition) is 0. The minimum atomic E-state index is -0.724. The molecule has 1 aromatic heterocycles. The summed E-state index contributed by atoms with van der Waals surface area (Å²) < 4.78 is 20.8. The summed E-state index contributed by atoms with van der Waals surface area (Å²) in [5, 5.41) is 0. The molecule has 0 N–H and O–H groups in total. The van der Waals surface area contributed by atoms with Gasteiger partial charge in [-0.05, 0) is 47.0 Å². The van der Waals surface area contributed by atoms with Crippen molar-refractivity contribution in [1.82, 2.24) is 14.8 Å². The van der Waals surface area contributed by atoms with Gasteiger partial charge in [0.15, 0.2) is 6.23 Å². The van der Waals surface area contributed by atoms with Crippen LogP contribution >= 0.6 is 0 Å². The topological polar surface area (TPSA) is 69.2 Å². The number of anilines is 2. The van der Waals surface area contributed by atoms with Crippen LogP contribution in [0.15, 0.2) is 128 Å². The molecule has 0 aliphatic carbocycles. The molecule has 3 heterocycles. The highest BCUT2D eigenvalue weighted by Gasteiger charge is 2.43. The molecular weight excluding hydrogens is 617 g/mol. The van der Waals surface area contributed by atoms with Gasteiger partial charge in [-0.25, -0.2) is 14.2 Å². The van der Waals surface area contributed by atoms with E-state index >= 15 is 4.39 Å². The third kappa shape index (κ3) is 6.02. The van der Waals surface area contributed by atoms with Crippen molar-refractivity contribution in [3.63, 3.8) is 0 Å². The van der Waals surface area contributed by atoms with E-state index in [0.717, 1.165) is 32.0 Å². The second kappa shape index (κ2) is 13.5. The highest BCUT2D eigenvalue weighted by molar-refractivity contribution is 5.90. The maximum absolute atomic E-state index is 15.4. The van der Waals surface area contributed by atoms with Gasteiger partial charge in [0, 0.05) is 57.5 Å². The van der Waals surface area contributed by atoms with E-state index in [4.69, 9.17) is 9.72 Å². The lowest BCUT2D eigenvalue weighted by atomic mass is 9.75. The molecule has 8 nitrogen and oxygen atoms in total. The number of piperazine rings is 1. The number of cyclic esters (lactones) is 1. The Hall–Kier alpha value is -5.54. The van der Waals surface area contributed by atoms with Gasteiger partial charge in [-0.2, -0.15) is 0 Å². The average molecular weight is 656 g/mol. The normalized spacial score (nSPS) is 16.8. The SMILES string of the molecule is CC(=O)N(C)[C@@H]1CN(c2ccc(-c3ccc(N4CCN(C(c5ccccc5)(c5ccccc5)c5ccccc5)CC4)nc3)c(F)c2)C(=O)O1. The zero-order valence-corrected chi connectivity index (χ0v) is 27.6. The maximum atomic E-state index is 15.4. The molecule has 2 aliphatic rings. The number of nitrogens with zero attached hydrogens (tertiary/aromatic N) is 5. The predicted molar refractivity (Wildman–Crippen MR) is 189 cm³/mol. The minimum Gasteiger partial charge on any atom is -0.423 e. The molecule has 2 aliphatic heterocycles. The molecule has 4 aromatic carbocycles. The van der Waals surface area contributed by atoms with Crippen molar-refractivity contribution in [2.24, 2.45) is 0 Å². The Morgan fingerprint density at radius 1 is 0.816 bits per heavy atom. The van der Waals surface area contributed by atoms with Crippen LogP contribution in [0, 0.1) is 5.82 Å². The van der Waals surface area contributed by atoms with Crippen molar-refractivity contribution >= 4 is 23.5 Å². The molecule has 5 aromatic rings. The molecule has 2 fully saturated rings. The highest BCUT2D eigenvalue weighted by atomic mass is 19.1. The van der Waals surface area contributed by atoms with E-state index in [1.165, 1.54) is 39.5 Å². The molecular formula is C40H38FN5O3. The van der Waals surface area contributed by atoms with Crippen LogP contribution in [0.25, 0.3) is 11.1 Å². The first-order valence-electron chi connectivity index (χ1n) is 16.5. The number of rotatable bonds is 8. The summed E-state index contributed by atoms with van der Waals surface area (Å²) in [6.45, 7) is 4.68. The molecule has 49 heavy (non-hydrogen) atoms. The maximum Gasteiger partial charge on any atom is 0.416 e. The zero-order valence-electron chi connectivity index (χ0n) is 27.6. The number of likely N-dealkylation sites (N-methyl/N-ethyl adjacent to an activating group) is 1. The number of pyridine rings is 1. The summed E-state index contributed by atoms with van der Waals surface area (Å²) in [4.78, 5) is 36.5. The second-order valence-corrected chi connectivity index (χ2v) is 12.4. The predicted octanol–water partition coefficient (Wildman–Crippen LogP) is 6.76. The molecule has 1 atom stereocenters. The van der Waals surface area contributed by atoms with E-state index in [0.29, 0.717) is 16.8 Å². The number of halogens is 1. The van der Waals surface area contributed by atoms with Crippen LogP contribution in [-0.2, 0) is 15.1 Å². The van der Waals surface area contributed by atoms with Crippen LogP contribution in [-0.4, -0.2) is 72.8 Å². The fourth-order valence-corrected chi connectivity index (χ4v) is 7.06. The van der Waals surface area contributed by atoms with E-state index < -0.39 is 23.7 Å². The monoisotopic (exact) mass is 655 g/mol. The van der Waals surface area contributed by atoms with Crippen LogP contribution in [0.4, 0.5) is 20.7 Å². The lowest BCUT2D eigenvalue weighted by Gasteiger charge is -2.49. The summed E-state index contributed by atoms with van der Waals surface area (Å²) in [7, 11) is 1.57. The van der Waals surface area contributed by atoms with Gasteiger partial charge in [0.25, 0.3) is 0 Å². The summed E-state index contributed by atoms with van der Waals surface area (Å²) >= 11 is 0. The van der Waals surface area contributed by atoms with E-state index in [1.54, 1.807) is 25.4 Å². The van der Waals surface area contributed by atoms with E-state index in [2.05, 4.69) is 101 Å². The molecule has 0 spiro atoms. The summed E-state index contributed by atoms with van der Waals surface area (Å²) in [6, 6.07) is 40.6. The molecule has 7 rings (SSSR count). The lowest BCUT2D eigenvalue weighted by Crippen LogP contribution is -2.56. The molecule has 0 bridgehead atoms. The van der Waals surface area contributed by atoms with Crippen molar-refractivity contribution in [3.8, 4) is 11.1 Å². The van der Waals surface area contributed by atoms with Crippen molar-refractivity contribution in [1.29, 1.82) is 0 Å². The van der Waals surface area contributed by atoms with Crippen LogP contribution < -0.4 is 9.80 Å². The van der Waals surface area contributed by atoms with Gasteiger partial charge in [0.05, 0.1) is 17.8 Å². The zero-order chi connectivity index (χ0) is 34.0. The third-order valence-electron chi connectivity index (χ3n) is 9.70. The van der Waals surface area contributed by atoms with Crippen LogP contribution in [0.1, 0.15) is 23.6 Å². The Morgan fingerprint density at radius 3 is 1.88 bits per heavy atom. The van der Waals surface area contributed by atoms with E-state index in [1.807, 2.05) is 12.1 Å². The second-order valence-electron chi connectivity index (χ2n) is 12.4. The summed E-state index contributed by atoms with van der Waals surface area (Å²) in [5.41, 5.74) is 4.60. The van der Waals surface area contributed by atoms with Gasteiger partial charge in [0.2, 0.25) is 5.91 Å². The first kappa shape index (κ1) is 32.0. The number of carbonyl (C=O) groups is 2. The third-order valence-corrected chi connectivity index (χ3v) is 9.70. The van der Waals surface area contributed by atoms with Crippen molar-refractivity contribution in [2.75, 3.05) is 49.6 Å². The standard InChI is InChI=1S/C40H38FN5O3/c1-29(47)43(2)38-28-46(39(48)49-38)34-19-20-35(36(41)26-34)30-18-21-37(42-27-30)44-22-24-45(25-23-44)40(31-12-6-3-7-13-31,32-14-8-4-9-15-32)33-16-10-5-11-17-33/h3-21,26-27,38H,22-25,28H2,1-2H3/t38-/m0/s1. The van der Waals surface area contributed by atoms with Crippen molar-refractivity contribution in [3.05, 3.63) is 150 Å². The smallest absolute Gasteiger partial charge is 0.416 e. The van der Waals surface area contributed by atoms with Gasteiger partial charge in [-0.1, -0.05) is 91.0 Å². The molecule has 9 heteroatoms. The number of aromatic nitrogens is 1. The fourth-order valence-electron chi connectivity index (χ4n) is 7.06. The van der Waals surface area contributed by atoms with Crippen LogP contribution in [0.3, 0.4) is 0 Å². The Labute approximate surface area is 286 Å². The quantitative estimate of drug-likeness (QED) is 0.172. The van der Waals surface area contributed by atoms with Gasteiger partial charge < -0.3 is 14.5 Å². The van der Waals surface area contributed by atoms with Crippen molar-refractivity contribution < 1.29 is 18.7 Å². The molecule has 2 amide bonds. The first-order chi connectivity index (χ1) is 23.9. The average Bonchev–Trinajstić information content (AvgIpc) is 3.54. The Kier molecular flexibility index (Phi) is 8.84. The van der Waals surface area contributed by atoms with Crippen LogP contribution in [0.2, 0.25) is 0 Å². The number of carbonyl (C=O) groups excluding carboxylic acids is 2. The molecule has 0 saturated carbocycles. The molecule has 0 radical (unpaired) electrons. The lowest BCUT2D eigenvalue weighted by molar-refractivity contribution is -0.134. The van der Waals surface area contributed by atoms with E-state index in [-0.39, 0.29) is 12.5 Å². The number of benzene rings is 4. The van der Waals surface area contributed by atoms with Gasteiger partial charge in [-0.15, -0.1) is 0 Å². The summed E-state index contributed by atoms with van der Waals surface area (Å²) in [5.74, 6) is 0.139. The van der Waals surface area contributed by atoms with E-state index in [9.17, 15) is 9.59 Å². The molecule has 0 unspecified atom stereocenters. The Bertz CT molecular complexity index is 1820. The number of ether oxygens (including phenoxy) is 1. The Morgan fingerprint density at radius 2 is 1.39 bits per heavy atom. The van der Waals surface area contributed by atoms with Crippen LogP contribution in [0.5, 0.6) is 0 Å². The minimum absolute atomic E-state index is 0.125. The Balaban J connectivity index is 1.09. The van der Waals surface area contributed by atoms with Crippen molar-refractivity contribution in [2.45, 2.75) is 18.7 Å². The molecule has 2 saturated heterocycles. The fraction of sp³-hybridized carbons (Fsp3) is 0.225. The number of amides is 2.